The smallest absolute Gasteiger partial charge is 0.333 e. The zero-order chi connectivity index (χ0) is 11.0. The van der Waals surface area contributed by atoms with Gasteiger partial charge >= 0.3 is 5.97 Å². The predicted molar refractivity (Wildman–Crippen MR) is 54.6 cm³/mol. The van der Waals surface area contributed by atoms with E-state index in [2.05, 4.69) is 12.6 Å². The molecule has 15 heavy (non-hydrogen) atoms. The summed E-state index contributed by atoms with van der Waals surface area (Å²) in [5.41, 5.74) is 0.453. The van der Waals surface area contributed by atoms with E-state index in [9.17, 15) is 4.79 Å². The van der Waals surface area contributed by atoms with E-state index < -0.39 is 0 Å². The van der Waals surface area contributed by atoms with E-state index in [1.165, 1.54) is 0 Å². The number of fused-ring (bicyclic) bond motifs is 2. The molecule has 0 aliphatic heterocycles. The maximum Gasteiger partial charge on any atom is 0.333 e. The van der Waals surface area contributed by atoms with Crippen LogP contribution in [0.5, 0.6) is 0 Å². The normalized spacial score (nSPS) is 37.3. The Balaban J connectivity index is 1.93. The van der Waals surface area contributed by atoms with Gasteiger partial charge in [-0.05, 0) is 38.0 Å². The topological polar surface area (TPSA) is 50.1 Å². The van der Waals surface area contributed by atoms with E-state index in [1.54, 1.807) is 6.92 Å². The second kappa shape index (κ2) is 3.69. The van der Waals surface area contributed by atoms with Crippen LogP contribution in [0.4, 0.5) is 0 Å². The molecule has 0 heterocycles. The number of esters is 1. The molecule has 2 aliphatic rings. The zero-order valence-corrected chi connectivity index (χ0v) is 8.90. The van der Waals surface area contributed by atoms with Crippen LogP contribution in [0.2, 0.25) is 0 Å². The fourth-order valence-corrected chi connectivity index (χ4v) is 2.76. The summed E-state index contributed by atoms with van der Waals surface area (Å²) in [5, 5.41) is 8.87. The van der Waals surface area contributed by atoms with Gasteiger partial charge in [-0.25, -0.2) is 4.79 Å². The molecule has 0 spiro atoms. The van der Waals surface area contributed by atoms with Gasteiger partial charge in [0.2, 0.25) is 0 Å². The number of nitrogens with zero attached hydrogens (tertiary/aromatic N) is 1. The molecule has 4 atom stereocenters. The molecule has 3 heteroatoms. The van der Waals surface area contributed by atoms with E-state index in [0.29, 0.717) is 17.4 Å². The molecule has 0 radical (unpaired) electrons. The third kappa shape index (κ3) is 1.77. The lowest BCUT2D eigenvalue weighted by Gasteiger charge is -2.24. The van der Waals surface area contributed by atoms with E-state index >= 15 is 0 Å². The van der Waals surface area contributed by atoms with Crippen molar-refractivity contribution in [1.82, 2.24) is 0 Å². The first-order chi connectivity index (χ1) is 7.11. The number of hydrogen-bond donors (Lipinski definition) is 0. The number of carbonyl (C=O) groups is 1. The van der Waals surface area contributed by atoms with Gasteiger partial charge in [0.1, 0.15) is 6.10 Å². The lowest BCUT2D eigenvalue weighted by atomic mass is 9.88. The Morgan fingerprint density at radius 1 is 1.40 bits per heavy atom. The largest absolute Gasteiger partial charge is 0.459 e. The van der Waals surface area contributed by atoms with Crippen molar-refractivity contribution in [2.75, 3.05) is 0 Å². The van der Waals surface area contributed by atoms with Crippen LogP contribution in [0.1, 0.15) is 26.2 Å². The van der Waals surface area contributed by atoms with Crippen molar-refractivity contribution in [2.45, 2.75) is 32.3 Å². The SMILES string of the molecule is C=C(C)C(=O)OC1CC2CC1C[C@H]2C#N. The highest BCUT2D eigenvalue weighted by Crippen LogP contribution is 2.49. The summed E-state index contributed by atoms with van der Waals surface area (Å²) in [5.74, 6) is 0.752. The predicted octanol–water partition coefficient (Wildman–Crippen LogP) is 2.04. The van der Waals surface area contributed by atoms with Crippen molar-refractivity contribution in [3.05, 3.63) is 12.2 Å². The minimum atomic E-state index is -0.291. The molecular weight excluding hydrogens is 190 g/mol. The molecule has 0 aromatic heterocycles. The zero-order valence-electron chi connectivity index (χ0n) is 8.90. The highest BCUT2D eigenvalue weighted by Gasteiger charge is 2.47. The molecule has 2 bridgehead atoms. The molecule has 3 nitrogen and oxygen atoms in total. The van der Waals surface area contributed by atoms with Gasteiger partial charge in [-0.3, -0.25) is 0 Å². The van der Waals surface area contributed by atoms with Crippen molar-refractivity contribution < 1.29 is 9.53 Å². The fourth-order valence-electron chi connectivity index (χ4n) is 2.76. The standard InChI is InChI=1S/C12H15NO2/c1-7(2)12(14)15-11-5-8-3-9(11)4-10(8)6-13/h8-11H,1,3-5H2,2H3/t8?,9?,10-,11?/m0/s1. The molecule has 0 aromatic carbocycles. The Morgan fingerprint density at radius 2 is 2.13 bits per heavy atom. The molecule has 0 saturated heterocycles. The van der Waals surface area contributed by atoms with E-state index in [0.717, 1.165) is 19.3 Å². The Labute approximate surface area is 89.7 Å². The van der Waals surface area contributed by atoms with Crippen LogP contribution < -0.4 is 0 Å². The van der Waals surface area contributed by atoms with Crippen LogP contribution in [-0.2, 0) is 9.53 Å². The van der Waals surface area contributed by atoms with Crippen LogP contribution in [0.3, 0.4) is 0 Å². The summed E-state index contributed by atoms with van der Waals surface area (Å²) in [6.07, 6.45) is 2.84. The van der Waals surface area contributed by atoms with Crippen LogP contribution >= 0.6 is 0 Å². The minimum Gasteiger partial charge on any atom is -0.459 e. The molecule has 0 N–H and O–H groups in total. The molecule has 0 amide bonds. The first-order valence-corrected chi connectivity index (χ1v) is 5.38. The van der Waals surface area contributed by atoms with Crippen LogP contribution in [0.25, 0.3) is 0 Å². The molecule has 80 valence electrons. The first-order valence-electron chi connectivity index (χ1n) is 5.38. The molecule has 2 fully saturated rings. The molecule has 2 saturated carbocycles. The van der Waals surface area contributed by atoms with Crippen LogP contribution in [0.15, 0.2) is 12.2 Å². The van der Waals surface area contributed by atoms with Gasteiger partial charge in [-0.2, -0.15) is 5.26 Å². The van der Waals surface area contributed by atoms with Gasteiger partial charge in [0, 0.05) is 11.5 Å². The molecule has 2 aliphatic carbocycles. The summed E-state index contributed by atoms with van der Waals surface area (Å²) in [4.78, 5) is 11.3. The van der Waals surface area contributed by atoms with Crippen molar-refractivity contribution >= 4 is 5.97 Å². The second-order valence-electron chi connectivity index (χ2n) is 4.69. The maximum atomic E-state index is 11.3. The van der Waals surface area contributed by atoms with Crippen LogP contribution in [-0.4, -0.2) is 12.1 Å². The quantitative estimate of drug-likeness (QED) is 0.512. The maximum absolute atomic E-state index is 11.3. The number of nitriles is 1. The minimum absolute atomic E-state index is 0.0313. The number of rotatable bonds is 2. The average molecular weight is 205 g/mol. The number of carbonyl (C=O) groups excluding carboxylic acids is 1. The molecule has 3 unspecified atom stereocenters. The summed E-state index contributed by atoms with van der Waals surface area (Å²) in [7, 11) is 0. The van der Waals surface area contributed by atoms with Gasteiger partial charge in [0.05, 0.1) is 6.07 Å². The van der Waals surface area contributed by atoms with E-state index in [-0.39, 0.29) is 18.0 Å². The van der Waals surface area contributed by atoms with Gasteiger partial charge in [0.25, 0.3) is 0 Å². The Kier molecular flexibility index (Phi) is 2.52. The van der Waals surface area contributed by atoms with Gasteiger partial charge in [-0.1, -0.05) is 6.58 Å². The number of ether oxygens (including phenoxy) is 1. The monoisotopic (exact) mass is 205 g/mol. The summed E-state index contributed by atoms with van der Waals surface area (Å²) in [6, 6.07) is 2.33. The van der Waals surface area contributed by atoms with E-state index in [4.69, 9.17) is 10.00 Å². The van der Waals surface area contributed by atoms with Gasteiger partial charge in [-0.15, -0.1) is 0 Å². The van der Waals surface area contributed by atoms with Gasteiger partial charge in [0.15, 0.2) is 0 Å². The van der Waals surface area contributed by atoms with Gasteiger partial charge < -0.3 is 4.74 Å². The number of hydrogen-bond acceptors (Lipinski definition) is 3. The van der Waals surface area contributed by atoms with Crippen LogP contribution in [0, 0.1) is 29.1 Å². The Hall–Kier alpha value is -1.30. The lowest BCUT2D eigenvalue weighted by molar-refractivity contribution is -0.146. The summed E-state index contributed by atoms with van der Waals surface area (Å²) < 4.78 is 5.35. The van der Waals surface area contributed by atoms with Crippen molar-refractivity contribution in [3.63, 3.8) is 0 Å². The summed E-state index contributed by atoms with van der Waals surface area (Å²) >= 11 is 0. The summed E-state index contributed by atoms with van der Waals surface area (Å²) in [6.45, 7) is 5.22. The van der Waals surface area contributed by atoms with Crippen molar-refractivity contribution in [3.8, 4) is 6.07 Å². The highest BCUT2D eigenvalue weighted by atomic mass is 16.5. The second-order valence-corrected chi connectivity index (χ2v) is 4.69. The first kappa shape index (κ1) is 10.2. The van der Waals surface area contributed by atoms with Crippen molar-refractivity contribution in [2.24, 2.45) is 17.8 Å². The fraction of sp³-hybridized carbons (Fsp3) is 0.667. The third-order valence-corrected chi connectivity index (χ3v) is 3.56. The average Bonchev–Trinajstić information content (AvgIpc) is 2.75. The van der Waals surface area contributed by atoms with E-state index in [1.807, 2.05) is 0 Å². The Morgan fingerprint density at radius 3 is 2.60 bits per heavy atom. The highest BCUT2D eigenvalue weighted by molar-refractivity contribution is 5.87. The lowest BCUT2D eigenvalue weighted by Crippen LogP contribution is -2.27. The third-order valence-electron chi connectivity index (χ3n) is 3.56. The van der Waals surface area contributed by atoms with Crippen molar-refractivity contribution in [1.29, 1.82) is 5.26 Å². The Bertz CT molecular complexity index is 342. The molecule has 2 rings (SSSR count). The molecule has 0 aromatic rings. The molecular formula is C12H15NO2.